The Morgan fingerprint density at radius 2 is 2.07 bits per heavy atom. The molecule has 0 aliphatic rings. The van der Waals surface area contributed by atoms with E-state index in [0.717, 1.165) is 0 Å². The molecule has 0 spiro atoms. The molecule has 2 rings (SSSR count). The molecule has 0 saturated carbocycles. The number of nitrogens with zero attached hydrogens (tertiary/aromatic N) is 2. The number of hydrogen-bond donors (Lipinski definition) is 1. The summed E-state index contributed by atoms with van der Waals surface area (Å²) in [5.41, 5.74) is 6.13. The van der Waals surface area contributed by atoms with E-state index in [1.807, 2.05) is 6.92 Å². The van der Waals surface area contributed by atoms with Crippen LogP contribution in [0.25, 0.3) is 10.6 Å². The van der Waals surface area contributed by atoms with Gasteiger partial charge in [0.1, 0.15) is 10.8 Å². The molecule has 1 atom stereocenters. The quantitative estimate of drug-likeness (QED) is 0.850. The molecule has 0 unspecified atom stereocenters. The van der Waals surface area contributed by atoms with Crippen molar-refractivity contribution in [2.45, 2.75) is 13.0 Å². The minimum atomic E-state index is -0.287. The Morgan fingerprint density at radius 3 is 2.67 bits per heavy atom. The number of benzene rings is 1. The summed E-state index contributed by atoms with van der Waals surface area (Å²) in [4.78, 5) is 0. The molecule has 2 aromatic rings. The lowest BCUT2D eigenvalue weighted by molar-refractivity contribution is 0.631. The van der Waals surface area contributed by atoms with Gasteiger partial charge in [-0.25, -0.2) is 4.39 Å². The summed E-state index contributed by atoms with van der Waals surface area (Å²) >= 11 is 1.32. The lowest BCUT2D eigenvalue weighted by Crippen LogP contribution is -2.03. The molecule has 3 nitrogen and oxygen atoms in total. The van der Waals surface area contributed by atoms with Crippen LogP contribution in [0.2, 0.25) is 0 Å². The maximum atomic E-state index is 13.4. The molecule has 0 bridgehead atoms. The molecule has 0 amide bonds. The number of rotatable bonds is 2. The van der Waals surface area contributed by atoms with E-state index in [2.05, 4.69) is 10.2 Å². The van der Waals surface area contributed by atoms with Gasteiger partial charge in [-0.1, -0.05) is 23.5 Å². The predicted molar refractivity (Wildman–Crippen MR) is 57.9 cm³/mol. The highest BCUT2D eigenvalue weighted by Crippen LogP contribution is 2.27. The lowest BCUT2D eigenvalue weighted by Gasteiger charge is -1.96. The highest BCUT2D eigenvalue weighted by atomic mass is 32.1. The Labute approximate surface area is 90.8 Å². The summed E-state index contributed by atoms with van der Waals surface area (Å²) in [6.45, 7) is 1.83. The second-order valence-electron chi connectivity index (χ2n) is 3.21. The third-order valence-corrected chi connectivity index (χ3v) is 3.09. The van der Waals surface area contributed by atoms with Crippen LogP contribution in [0.3, 0.4) is 0 Å². The Hall–Kier alpha value is -1.33. The predicted octanol–water partition coefficient (Wildman–Crippen LogP) is 2.36. The van der Waals surface area contributed by atoms with Gasteiger partial charge in [0.15, 0.2) is 5.01 Å². The van der Waals surface area contributed by atoms with Gasteiger partial charge in [-0.2, -0.15) is 0 Å². The zero-order valence-corrected chi connectivity index (χ0v) is 8.96. The molecular weight excluding hydrogens is 213 g/mol. The topological polar surface area (TPSA) is 51.8 Å². The molecule has 0 radical (unpaired) electrons. The molecule has 15 heavy (non-hydrogen) atoms. The first-order valence-corrected chi connectivity index (χ1v) is 5.34. The van der Waals surface area contributed by atoms with E-state index in [1.54, 1.807) is 18.2 Å². The smallest absolute Gasteiger partial charge is 0.150 e. The van der Waals surface area contributed by atoms with Gasteiger partial charge in [0.25, 0.3) is 0 Å². The van der Waals surface area contributed by atoms with Crippen LogP contribution in [0.4, 0.5) is 4.39 Å². The maximum absolute atomic E-state index is 13.4. The van der Waals surface area contributed by atoms with E-state index in [4.69, 9.17) is 5.73 Å². The fourth-order valence-electron chi connectivity index (χ4n) is 1.16. The molecule has 1 heterocycles. The van der Waals surface area contributed by atoms with Crippen molar-refractivity contribution >= 4 is 11.3 Å². The average Bonchev–Trinajstić information content (AvgIpc) is 2.67. The summed E-state index contributed by atoms with van der Waals surface area (Å²) in [5.74, 6) is -0.287. The van der Waals surface area contributed by atoms with Crippen LogP contribution in [0.5, 0.6) is 0 Å². The first-order valence-electron chi connectivity index (χ1n) is 4.52. The van der Waals surface area contributed by atoms with E-state index in [0.29, 0.717) is 15.6 Å². The fraction of sp³-hybridized carbons (Fsp3) is 0.200. The fourth-order valence-corrected chi connectivity index (χ4v) is 1.98. The van der Waals surface area contributed by atoms with Crippen molar-refractivity contribution in [3.05, 3.63) is 35.1 Å². The zero-order chi connectivity index (χ0) is 10.8. The maximum Gasteiger partial charge on any atom is 0.150 e. The molecule has 1 aromatic carbocycles. The Morgan fingerprint density at radius 1 is 1.33 bits per heavy atom. The molecule has 5 heteroatoms. The third-order valence-electron chi connectivity index (χ3n) is 1.93. The Bertz CT molecular complexity index is 467. The van der Waals surface area contributed by atoms with E-state index in [9.17, 15) is 4.39 Å². The summed E-state index contributed by atoms with van der Waals surface area (Å²) in [6.07, 6.45) is 0. The van der Waals surface area contributed by atoms with Gasteiger partial charge in [-0.3, -0.25) is 0 Å². The van der Waals surface area contributed by atoms with Crippen molar-refractivity contribution < 1.29 is 4.39 Å². The van der Waals surface area contributed by atoms with Crippen LogP contribution in [-0.4, -0.2) is 10.2 Å². The van der Waals surface area contributed by atoms with Crippen LogP contribution in [0, 0.1) is 5.82 Å². The summed E-state index contributed by atoms with van der Waals surface area (Å²) < 4.78 is 13.4. The van der Waals surface area contributed by atoms with Crippen LogP contribution < -0.4 is 5.73 Å². The van der Waals surface area contributed by atoms with E-state index in [-0.39, 0.29) is 11.9 Å². The second-order valence-corrected chi connectivity index (χ2v) is 4.22. The molecule has 0 aliphatic heterocycles. The Kier molecular flexibility index (Phi) is 2.75. The number of halogens is 1. The van der Waals surface area contributed by atoms with E-state index < -0.39 is 0 Å². The zero-order valence-electron chi connectivity index (χ0n) is 8.14. The van der Waals surface area contributed by atoms with Crippen LogP contribution in [-0.2, 0) is 0 Å². The van der Waals surface area contributed by atoms with Gasteiger partial charge >= 0.3 is 0 Å². The van der Waals surface area contributed by atoms with Gasteiger partial charge in [-0.15, -0.1) is 10.2 Å². The van der Waals surface area contributed by atoms with Gasteiger partial charge < -0.3 is 5.73 Å². The summed E-state index contributed by atoms with van der Waals surface area (Å²) in [5, 5.41) is 9.11. The van der Waals surface area contributed by atoms with Crippen LogP contribution >= 0.6 is 11.3 Å². The van der Waals surface area contributed by atoms with Crippen molar-refractivity contribution in [3.63, 3.8) is 0 Å². The monoisotopic (exact) mass is 223 g/mol. The minimum absolute atomic E-state index is 0.164. The van der Waals surface area contributed by atoms with Crippen molar-refractivity contribution in [1.82, 2.24) is 10.2 Å². The van der Waals surface area contributed by atoms with Crippen molar-refractivity contribution in [1.29, 1.82) is 0 Å². The van der Waals surface area contributed by atoms with Crippen LogP contribution in [0.15, 0.2) is 24.3 Å². The SMILES string of the molecule is C[C@@H](N)c1nnc(-c2ccccc2F)s1. The normalized spacial score (nSPS) is 12.7. The molecule has 0 aliphatic carbocycles. The average molecular weight is 223 g/mol. The number of hydrogen-bond acceptors (Lipinski definition) is 4. The third kappa shape index (κ3) is 2.03. The van der Waals surface area contributed by atoms with E-state index in [1.165, 1.54) is 17.4 Å². The van der Waals surface area contributed by atoms with Crippen molar-refractivity contribution in [3.8, 4) is 10.6 Å². The standard InChI is InChI=1S/C10H10FN3S/c1-6(12)9-13-14-10(15-9)7-4-2-3-5-8(7)11/h2-6H,12H2,1H3/t6-/m1/s1. The number of aromatic nitrogens is 2. The number of nitrogens with two attached hydrogens (primary N) is 1. The molecule has 0 saturated heterocycles. The highest BCUT2D eigenvalue weighted by Gasteiger charge is 2.12. The lowest BCUT2D eigenvalue weighted by atomic mass is 10.2. The van der Waals surface area contributed by atoms with Crippen molar-refractivity contribution in [2.75, 3.05) is 0 Å². The first kappa shape index (κ1) is 10.2. The molecule has 0 fully saturated rings. The van der Waals surface area contributed by atoms with Gasteiger partial charge in [0, 0.05) is 5.56 Å². The molecule has 2 N–H and O–H groups in total. The summed E-state index contributed by atoms with van der Waals surface area (Å²) in [7, 11) is 0. The second kappa shape index (κ2) is 4.04. The van der Waals surface area contributed by atoms with Crippen molar-refractivity contribution in [2.24, 2.45) is 5.73 Å². The summed E-state index contributed by atoms with van der Waals surface area (Å²) in [6, 6.07) is 6.34. The largest absolute Gasteiger partial charge is 0.322 e. The highest BCUT2D eigenvalue weighted by molar-refractivity contribution is 7.14. The molecule has 1 aromatic heterocycles. The first-order chi connectivity index (χ1) is 7.18. The molecule has 78 valence electrons. The van der Waals surface area contributed by atoms with Gasteiger partial charge in [0.05, 0.1) is 6.04 Å². The van der Waals surface area contributed by atoms with E-state index >= 15 is 0 Å². The van der Waals surface area contributed by atoms with Crippen LogP contribution in [0.1, 0.15) is 18.0 Å². The minimum Gasteiger partial charge on any atom is -0.322 e. The Balaban J connectivity index is 2.42. The van der Waals surface area contributed by atoms with Gasteiger partial charge in [0.2, 0.25) is 0 Å². The van der Waals surface area contributed by atoms with Gasteiger partial charge in [-0.05, 0) is 19.1 Å². The molecular formula is C10H10FN3S.